The van der Waals surface area contributed by atoms with Gasteiger partial charge in [-0.3, -0.25) is 4.79 Å². The number of carbonyl (C=O) groups excluding carboxylic acids is 1. The highest BCUT2D eigenvalue weighted by Crippen LogP contribution is 2.16. The Morgan fingerprint density at radius 1 is 1.19 bits per heavy atom. The number of hydrogen-bond acceptors (Lipinski definition) is 4. The molecule has 3 aromatic rings. The van der Waals surface area contributed by atoms with Gasteiger partial charge in [0.2, 0.25) is 0 Å². The van der Waals surface area contributed by atoms with Crippen molar-refractivity contribution in [1.29, 1.82) is 0 Å². The fraction of sp³-hybridized carbons (Fsp3) is 0.211. The van der Waals surface area contributed by atoms with Gasteiger partial charge in [-0.2, -0.15) is 0 Å². The molecule has 0 spiro atoms. The van der Waals surface area contributed by atoms with Gasteiger partial charge < -0.3 is 9.64 Å². The molecule has 0 atom stereocenters. The molecule has 0 bridgehead atoms. The van der Waals surface area contributed by atoms with Gasteiger partial charge in [0.05, 0.1) is 19.0 Å². The van der Waals surface area contributed by atoms with E-state index in [0.717, 1.165) is 11.4 Å². The summed E-state index contributed by atoms with van der Waals surface area (Å²) in [5.74, 6) is 0.100. The maximum atomic E-state index is 13.9. The van der Waals surface area contributed by atoms with Crippen LogP contribution in [0.2, 0.25) is 0 Å². The van der Waals surface area contributed by atoms with Gasteiger partial charge in [0.15, 0.2) is 5.69 Å². The van der Waals surface area contributed by atoms with Crippen LogP contribution in [0.1, 0.15) is 23.0 Å². The van der Waals surface area contributed by atoms with E-state index in [1.54, 1.807) is 43.6 Å². The van der Waals surface area contributed by atoms with E-state index >= 15 is 0 Å². The lowest BCUT2D eigenvalue weighted by Gasteiger charge is -2.19. The zero-order chi connectivity index (χ0) is 18.5. The summed E-state index contributed by atoms with van der Waals surface area (Å²) < 4.78 is 20.5. The number of nitrogens with zero attached hydrogens (tertiary/aromatic N) is 4. The van der Waals surface area contributed by atoms with E-state index in [2.05, 4.69) is 10.3 Å². The fourth-order valence-corrected chi connectivity index (χ4v) is 2.54. The average Bonchev–Trinajstić information content (AvgIpc) is 3.17. The average molecular weight is 354 g/mol. The summed E-state index contributed by atoms with van der Waals surface area (Å²) in [5.41, 5.74) is 1.43. The summed E-state index contributed by atoms with van der Waals surface area (Å²) in [4.78, 5) is 14.2. The molecule has 0 N–H and O–H groups in total. The minimum absolute atomic E-state index is 0.178. The highest BCUT2D eigenvalue weighted by Gasteiger charge is 2.19. The summed E-state index contributed by atoms with van der Waals surface area (Å²) >= 11 is 0. The molecule has 0 saturated heterocycles. The number of ether oxygens (including phenoxy) is 1. The lowest BCUT2D eigenvalue weighted by Crippen LogP contribution is -2.31. The molecule has 6 nitrogen and oxygen atoms in total. The van der Waals surface area contributed by atoms with Crippen LogP contribution in [-0.2, 0) is 6.54 Å². The predicted octanol–water partition coefficient (Wildman–Crippen LogP) is 3.08. The quantitative estimate of drug-likeness (QED) is 0.683. The van der Waals surface area contributed by atoms with Crippen molar-refractivity contribution in [1.82, 2.24) is 19.9 Å². The number of amides is 1. The number of benzene rings is 2. The van der Waals surface area contributed by atoms with Gasteiger partial charge in [-0.25, -0.2) is 9.07 Å². The van der Waals surface area contributed by atoms with Gasteiger partial charge >= 0.3 is 0 Å². The number of methoxy groups -OCH3 is 1. The standard InChI is InChI=1S/C19H19FN4O2/c1-3-23(12-14-6-4-5-7-17(14)20)19(25)18-13-24(22-21-18)15-8-10-16(26-2)11-9-15/h4-11,13H,3,12H2,1-2H3. The third-order valence-electron chi connectivity index (χ3n) is 4.04. The van der Waals surface area contributed by atoms with Crippen LogP contribution in [0.3, 0.4) is 0 Å². The van der Waals surface area contributed by atoms with Gasteiger partial charge in [0.25, 0.3) is 5.91 Å². The maximum absolute atomic E-state index is 13.9. The summed E-state index contributed by atoms with van der Waals surface area (Å²) in [6.07, 6.45) is 1.56. The normalized spacial score (nSPS) is 10.6. The van der Waals surface area contributed by atoms with Crippen LogP contribution in [0.15, 0.2) is 54.7 Å². The molecule has 0 aliphatic carbocycles. The van der Waals surface area contributed by atoms with E-state index < -0.39 is 0 Å². The Hall–Kier alpha value is -3.22. The highest BCUT2D eigenvalue weighted by atomic mass is 19.1. The van der Waals surface area contributed by atoms with Crippen molar-refractivity contribution in [2.75, 3.05) is 13.7 Å². The Balaban J connectivity index is 1.78. The van der Waals surface area contributed by atoms with Gasteiger partial charge in [-0.15, -0.1) is 5.10 Å². The molecule has 1 aromatic heterocycles. The van der Waals surface area contributed by atoms with Crippen molar-refractivity contribution in [2.45, 2.75) is 13.5 Å². The molecular weight excluding hydrogens is 335 g/mol. The monoisotopic (exact) mass is 354 g/mol. The molecule has 134 valence electrons. The lowest BCUT2D eigenvalue weighted by atomic mass is 10.2. The Bertz CT molecular complexity index is 893. The number of halogens is 1. The first-order chi connectivity index (χ1) is 12.6. The minimum atomic E-state index is -0.333. The Morgan fingerprint density at radius 2 is 1.92 bits per heavy atom. The molecule has 26 heavy (non-hydrogen) atoms. The van der Waals surface area contributed by atoms with Gasteiger partial charge in [0.1, 0.15) is 11.6 Å². The van der Waals surface area contributed by atoms with Crippen LogP contribution in [-0.4, -0.2) is 39.5 Å². The van der Waals surface area contributed by atoms with Gasteiger partial charge in [-0.1, -0.05) is 23.4 Å². The van der Waals surface area contributed by atoms with Crippen molar-refractivity contribution in [3.8, 4) is 11.4 Å². The van der Waals surface area contributed by atoms with Crippen molar-refractivity contribution in [2.24, 2.45) is 0 Å². The van der Waals surface area contributed by atoms with E-state index in [1.165, 1.54) is 15.6 Å². The predicted molar refractivity (Wildman–Crippen MR) is 94.7 cm³/mol. The van der Waals surface area contributed by atoms with E-state index in [4.69, 9.17) is 4.74 Å². The fourth-order valence-electron chi connectivity index (χ4n) is 2.54. The minimum Gasteiger partial charge on any atom is -0.497 e. The number of aromatic nitrogens is 3. The van der Waals surface area contributed by atoms with Crippen LogP contribution in [0.4, 0.5) is 4.39 Å². The molecule has 0 radical (unpaired) electrons. The van der Waals surface area contributed by atoms with Gasteiger partial charge in [-0.05, 0) is 37.3 Å². The zero-order valence-corrected chi connectivity index (χ0v) is 14.6. The Morgan fingerprint density at radius 3 is 2.58 bits per heavy atom. The second-order valence-electron chi connectivity index (χ2n) is 5.66. The van der Waals surface area contributed by atoms with Crippen molar-refractivity contribution < 1.29 is 13.9 Å². The largest absolute Gasteiger partial charge is 0.497 e. The van der Waals surface area contributed by atoms with Crippen LogP contribution in [0.25, 0.3) is 5.69 Å². The molecule has 1 heterocycles. The Labute approximate surface area is 150 Å². The second kappa shape index (κ2) is 7.77. The van der Waals surface area contributed by atoms with Crippen LogP contribution in [0.5, 0.6) is 5.75 Å². The molecule has 2 aromatic carbocycles. The first kappa shape index (κ1) is 17.6. The smallest absolute Gasteiger partial charge is 0.276 e. The third kappa shape index (κ3) is 3.72. The van der Waals surface area contributed by atoms with E-state index in [0.29, 0.717) is 12.1 Å². The highest BCUT2D eigenvalue weighted by molar-refractivity contribution is 5.92. The van der Waals surface area contributed by atoms with Crippen molar-refractivity contribution in [3.05, 3.63) is 71.8 Å². The van der Waals surface area contributed by atoms with Crippen molar-refractivity contribution in [3.63, 3.8) is 0 Å². The van der Waals surface area contributed by atoms with Gasteiger partial charge in [0, 0.05) is 18.7 Å². The molecule has 7 heteroatoms. The summed E-state index contributed by atoms with van der Waals surface area (Å²) in [6, 6.07) is 13.7. The molecular formula is C19H19FN4O2. The van der Waals surface area contributed by atoms with E-state index in [9.17, 15) is 9.18 Å². The van der Waals surface area contributed by atoms with Crippen LogP contribution < -0.4 is 4.74 Å². The topological polar surface area (TPSA) is 60.2 Å². The molecule has 0 fully saturated rings. The van der Waals surface area contributed by atoms with Crippen molar-refractivity contribution >= 4 is 5.91 Å². The zero-order valence-electron chi connectivity index (χ0n) is 14.6. The first-order valence-corrected chi connectivity index (χ1v) is 8.22. The molecule has 0 aliphatic heterocycles. The number of carbonyl (C=O) groups is 1. The first-order valence-electron chi connectivity index (χ1n) is 8.22. The van der Waals surface area contributed by atoms with Crippen LogP contribution in [0, 0.1) is 5.82 Å². The molecule has 1 amide bonds. The summed E-state index contributed by atoms with van der Waals surface area (Å²) in [5, 5.41) is 7.97. The summed E-state index contributed by atoms with van der Waals surface area (Å²) in [6.45, 7) is 2.45. The van der Waals surface area contributed by atoms with Crippen LogP contribution >= 0.6 is 0 Å². The number of rotatable bonds is 6. The number of hydrogen-bond donors (Lipinski definition) is 0. The SMILES string of the molecule is CCN(Cc1ccccc1F)C(=O)c1cn(-c2ccc(OC)cc2)nn1. The molecule has 0 unspecified atom stereocenters. The van der Waals surface area contributed by atoms with E-state index in [-0.39, 0.29) is 24.0 Å². The molecule has 3 rings (SSSR count). The second-order valence-corrected chi connectivity index (χ2v) is 5.66. The molecule has 0 aliphatic rings. The molecule has 0 saturated carbocycles. The lowest BCUT2D eigenvalue weighted by molar-refractivity contribution is 0.0745. The Kier molecular flexibility index (Phi) is 5.26. The third-order valence-corrected chi connectivity index (χ3v) is 4.04. The summed E-state index contributed by atoms with van der Waals surface area (Å²) in [7, 11) is 1.59. The maximum Gasteiger partial charge on any atom is 0.276 e. The van der Waals surface area contributed by atoms with E-state index in [1.807, 2.05) is 19.1 Å².